The molecule has 0 spiro atoms. The number of carbonyl (C=O) groups excluding carboxylic acids is 1. The van der Waals surface area contributed by atoms with Gasteiger partial charge in [0.15, 0.2) is 0 Å². The van der Waals surface area contributed by atoms with Crippen LogP contribution in [0, 0.1) is 0 Å². The molecule has 4 heteroatoms. The minimum Gasteiger partial charge on any atom is -0.380 e. The third-order valence-corrected chi connectivity index (χ3v) is 5.17. The number of hydrogen-bond donors (Lipinski definition) is 1. The van der Waals surface area contributed by atoms with Crippen LogP contribution in [-0.4, -0.2) is 47.9 Å². The van der Waals surface area contributed by atoms with Crippen LogP contribution in [-0.2, 0) is 4.79 Å². The van der Waals surface area contributed by atoms with Crippen LogP contribution in [0.3, 0.4) is 0 Å². The van der Waals surface area contributed by atoms with Gasteiger partial charge < -0.3 is 10.2 Å². The summed E-state index contributed by atoms with van der Waals surface area (Å²) in [6, 6.07) is 20.5. The third kappa shape index (κ3) is 4.25. The fraction of sp³-hybridized carbons (Fsp3) is 0.409. The number of carbonyl (C=O) groups is 1. The van der Waals surface area contributed by atoms with Crippen molar-refractivity contribution in [1.82, 2.24) is 9.80 Å². The number of nitrogens with zero attached hydrogens (tertiary/aromatic N) is 2. The summed E-state index contributed by atoms with van der Waals surface area (Å²) in [7, 11) is 0. The van der Waals surface area contributed by atoms with Crippen LogP contribution in [0.2, 0.25) is 0 Å². The molecule has 1 fully saturated rings. The molecule has 0 radical (unpaired) electrons. The molecule has 1 aliphatic rings. The molecule has 1 N–H and O–H groups in total. The van der Waals surface area contributed by atoms with Gasteiger partial charge in [-0.1, -0.05) is 62.4 Å². The highest BCUT2D eigenvalue weighted by Gasteiger charge is 2.34. The van der Waals surface area contributed by atoms with Gasteiger partial charge in [0.05, 0.1) is 0 Å². The van der Waals surface area contributed by atoms with E-state index in [0.29, 0.717) is 6.04 Å². The van der Waals surface area contributed by atoms with Crippen molar-refractivity contribution in [3.63, 3.8) is 0 Å². The van der Waals surface area contributed by atoms with E-state index in [1.807, 2.05) is 41.3 Å². The second-order valence-corrected chi connectivity index (χ2v) is 6.81. The van der Waals surface area contributed by atoms with E-state index in [-0.39, 0.29) is 11.9 Å². The van der Waals surface area contributed by atoms with Crippen LogP contribution in [0.25, 0.3) is 0 Å². The molecule has 138 valence electrons. The Balaban J connectivity index is 1.71. The lowest BCUT2D eigenvalue weighted by Gasteiger charge is -2.32. The highest BCUT2D eigenvalue weighted by Crippen LogP contribution is 2.26. The molecule has 2 atom stereocenters. The minimum absolute atomic E-state index is 0.193. The molecule has 1 amide bonds. The first-order valence-electron chi connectivity index (χ1n) is 9.62. The molecule has 4 nitrogen and oxygen atoms in total. The summed E-state index contributed by atoms with van der Waals surface area (Å²) in [5.41, 5.74) is 2.20. The van der Waals surface area contributed by atoms with Gasteiger partial charge in [0.1, 0.15) is 6.04 Å². The Kier molecular flexibility index (Phi) is 6.29. The van der Waals surface area contributed by atoms with E-state index in [9.17, 15) is 4.79 Å². The van der Waals surface area contributed by atoms with Gasteiger partial charge in [0.25, 0.3) is 0 Å². The molecule has 0 aromatic heterocycles. The SMILES string of the molecule is CCN(CC)C(C(=O)N1CCC(Nc2ccccc2)C1)c1ccccc1. The van der Waals surface area contributed by atoms with Crippen molar-refractivity contribution in [2.45, 2.75) is 32.4 Å². The summed E-state index contributed by atoms with van der Waals surface area (Å²) in [6.07, 6.45) is 0.987. The molecule has 1 aliphatic heterocycles. The number of nitrogens with one attached hydrogen (secondary N) is 1. The van der Waals surface area contributed by atoms with Gasteiger partial charge in [-0.25, -0.2) is 0 Å². The van der Waals surface area contributed by atoms with Crippen molar-refractivity contribution >= 4 is 11.6 Å². The van der Waals surface area contributed by atoms with E-state index >= 15 is 0 Å². The number of hydrogen-bond acceptors (Lipinski definition) is 3. The molecule has 1 heterocycles. The Morgan fingerprint density at radius 1 is 1.08 bits per heavy atom. The summed E-state index contributed by atoms with van der Waals surface area (Å²) < 4.78 is 0. The first-order valence-corrected chi connectivity index (χ1v) is 9.62. The number of para-hydroxylation sites is 1. The van der Waals surface area contributed by atoms with E-state index in [1.54, 1.807) is 0 Å². The molecule has 0 bridgehead atoms. The number of likely N-dealkylation sites (N-methyl/N-ethyl adjacent to an activating group) is 1. The Bertz CT molecular complexity index is 685. The van der Waals surface area contributed by atoms with Crippen LogP contribution in [0.1, 0.15) is 31.9 Å². The highest BCUT2D eigenvalue weighted by atomic mass is 16.2. The highest BCUT2D eigenvalue weighted by molar-refractivity contribution is 5.83. The molecule has 26 heavy (non-hydrogen) atoms. The van der Waals surface area contributed by atoms with Gasteiger partial charge in [0.2, 0.25) is 5.91 Å². The standard InChI is InChI=1S/C22H29N3O/c1-3-24(4-2)21(18-11-7-5-8-12-18)22(26)25-16-15-20(17-25)23-19-13-9-6-10-14-19/h5-14,20-21,23H,3-4,15-17H2,1-2H3. The molecular weight excluding hydrogens is 322 g/mol. The first-order chi connectivity index (χ1) is 12.7. The van der Waals surface area contributed by atoms with Crippen LogP contribution in [0.5, 0.6) is 0 Å². The molecule has 1 saturated heterocycles. The fourth-order valence-corrected chi connectivity index (χ4v) is 3.75. The molecular formula is C22H29N3O. The predicted molar refractivity (Wildman–Crippen MR) is 107 cm³/mol. The normalized spacial score (nSPS) is 18.1. The number of benzene rings is 2. The maximum atomic E-state index is 13.4. The summed E-state index contributed by atoms with van der Waals surface area (Å²) in [5.74, 6) is 0.220. The van der Waals surface area contributed by atoms with Crippen LogP contribution < -0.4 is 5.32 Å². The summed E-state index contributed by atoms with van der Waals surface area (Å²) >= 11 is 0. The predicted octanol–water partition coefficient (Wildman–Crippen LogP) is 3.78. The molecule has 0 aliphatic carbocycles. The topological polar surface area (TPSA) is 35.6 Å². The quantitative estimate of drug-likeness (QED) is 0.824. The van der Waals surface area contributed by atoms with Crippen molar-refractivity contribution < 1.29 is 4.79 Å². The van der Waals surface area contributed by atoms with E-state index in [1.165, 1.54) is 0 Å². The van der Waals surface area contributed by atoms with E-state index in [2.05, 4.69) is 48.3 Å². The number of anilines is 1. The minimum atomic E-state index is -0.193. The van der Waals surface area contributed by atoms with Crippen LogP contribution in [0.4, 0.5) is 5.69 Å². The fourth-order valence-electron chi connectivity index (χ4n) is 3.75. The molecule has 3 rings (SSSR count). The number of amides is 1. The largest absolute Gasteiger partial charge is 0.380 e. The maximum Gasteiger partial charge on any atom is 0.244 e. The van der Waals surface area contributed by atoms with Crippen molar-refractivity contribution in [3.05, 3.63) is 66.2 Å². The Hall–Kier alpha value is -2.33. The zero-order chi connectivity index (χ0) is 18.4. The molecule has 0 saturated carbocycles. The second-order valence-electron chi connectivity index (χ2n) is 6.81. The van der Waals surface area contributed by atoms with Crippen molar-refractivity contribution in [3.8, 4) is 0 Å². The lowest BCUT2D eigenvalue weighted by atomic mass is 10.0. The van der Waals surface area contributed by atoms with Gasteiger partial charge in [0, 0.05) is 24.8 Å². The average Bonchev–Trinajstić information content (AvgIpc) is 3.15. The van der Waals surface area contributed by atoms with Crippen molar-refractivity contribution in [2.75, 3.05) is 31.5 Å². The van der Waals surface area contributed by atoms with Crippen LogP contribution >= 0.6 is 0 Å². The van der Waals surface area contributed by atoms with Gasteiger partial charge >= 0.3 is 0 Å². The zero-order valence-corrected chi connectivity index (χ0v) is 15.8. The Morgan fingerprint density at radius 3 is 2.31 bits per heavy atom. The van der Waals surface area contributed by atoms with Gasteiger partial charge in [-0.2, -0.15) is 0 Å². The lowest BCUT2D eigenvalue weighted by Crippen LogP contribution is -2.42. The smallest absolute Gasteiger partial charge is 0.244 e. The Morgan fingerprint density at radius 2 is 1.69 bits per heavy atom. The molecule has 2 aromatic carbocycles. The van der Waals surface area contributed by atoms with Gasteiger partial charge in [-0.3, -0.25) is 9.69 Å². The average molecular weight is 351 g/mol. The summed E-state index contributed by atoms with van der Waals surface area (Å²) in [4.78, 5) is 17.6. The van der Waals surface area contributed by atoms with Crippen molar-refractivity contribution in [2.24, 2.45) is 0 Å². The molecule has 2 aromatic rings. The summed E-state index contributed by atoms with van der Waals surface area (Å²) in [6.45, 7) is 7.54. The monoisotopic (exact) mass is 351 g/mol. The van der Waals surface area contributed by atoms with Gasteiger partial charge in [-0.15, -0.1) is 0 Å². The summed E-state index contributed by atoms with van der Waals surface area (Å²) in [5, 5.41) is 3.55. The number of likely N-dealkylation sites (tertiary alicyclic amines) is 1. The van der Waals surface area contributed by atoms with E-state index < -0.39 is 0 Å². The zero-order valence-electron chi connectivity index (χ0n) is 15.8. The lowest BCUT2D eigenvalue weighted by molar-refractivity contribution is -0.136. The Labute approximate surface area is 156 Å². The van der Waals surface area contributed by atoms with E-state index in [0.717, 1.165) is 43.9 Å². The molecule has 2 unspecified atom stereocenters. The number of rotatable bonds is 7. The van der Waals surface area contributed by atoms with Crippen LogP contribution in [0.15, 0.2) is 60.7 Å². The maximum absolute atomic E-state index is 13.4. The first kappa shape index (κ1) is 18.5. The third-order valence-electron chi connectivity index (χ3n) is 5.17. The van der Waals surface area contributed by atoms with Crippen molar-refractivity contribution in [1.29, 1.82) is 0 Å². The van der Waals surface area contributed by atoms with E-state index in [4.69, 9.17) is 0 Å². The van der Waals surface area contributed by atoms with Gasteiger partial charge in [-0.05, 0) is 37.2 Å². The second kappa shape index (κ2) is 8.86.